The Morgan fingerprint density at radius 2 is 2.08 bits per heavy atom. The summed E-state index contributed by atoms with van der Waals surface area (Å²) in [5, 5.41) is 6.73. The fraction of sp³-hybridized carbons (Fsp3) is 1.00. The van der Waals surface area contributed by atoms with E-state index in [0.29, 0.717) is 5.41 Å². The van der Waals surface area contributed by atoms with E-state index in [1.807, 2.05) is 7.05 Å². The Morgan fingerprint density at radius 3 is 2.54 bits per heavy atom. The number of methoxy groups -OCH3 is 1. The van der Waals surface area contributed by atoms with Gasteiger partial charge in [0, 0.05) is 26.7 Å². The lowest BCUT2D eigenvalue weighted by Crippen LogP contribution is -2.46. The summed E-state index contributed by atoms with van der Waals surface area (Å²) in [6, 6.07) is 0. The fourth-order valence-electron chi connectivity index (χ4n) is 2.00. The third kappa shape index (κ3) is 3.25. The predicted octanol–water partition coefficient (Wildman–Crippen LogP) is 0.612. The van der Waals surface area contributed by atoms with Crippen LogP contribution in [0.15, 0.2) is 0 Å². The van der Waals surface area contributed by atoms with Crippen molar-refractivity contribution < 1.29 is 4.74 Å². The van der Waals surface area contributed by atoms with E-state index in [0.717, 1.165) is 26.2 Å². The van der Waals surface area contributed by atoms with Crippen LogP contribution in [0.2, 0.25) is 0 Å². The van der Waals surface area contributed by atoms with Crippen LogP contribution in [-0.4, -0.2) is 40.4 Å². The molecule has 1 aliphatic rings. The first kappa shape index (κ1) is 11.0. The van der Waals surface area contributed by atoms with E-state index in [2.05, 4.69) is 10.6 Å². The first-order valence-electron chi connectivity index (χ1n) is 5.17. The van der Waals surface area contributed by atoms with E-state index in [4.69, 9.17) is 4.74 Å². The molecule has 0 aliphatic heterocycles. The molecule has 0 spiro atoms. The van der Waals surface area contributed by atoms with Crippen LogP contribution in [0.5, 0.6) is 0 Å². The number of hydrogen-bond donors (Lipinski definition) is 2. The highest BCUT2D eigenvalue weighted by molar-refractivity contribution is 4.90. The summed E-state index contributed by atoms with van der Waals surface area (Å²) < 4.78 is 4.99. The van der Waals surface area contributed by atoms with Crippen LogP contribution in [0, 0.1) is 5.41 Å². The molecular formula is C10H22N2O. The Hall–Kier alpha value is -0.120. The van der Waals surface area contributed by atoms with Crippen molar-refractivity contribution in [1.29, 1.82) is 0 Å². The van der Waals surface area contributed by atoms with Gasteiger partial charge in [0.25, 0.3) is 0 Å². The molecule has 0 saturated heterocycles. The first-order valence-corrected chi connectivity index (χ1v) is 5.17. The highest BCUT2D eigenvalue weighted by Gasteiger charge is 2.35. The maximum absolute atomic E-state index is 4.99. The SMILES string of the molecule is CNCC1(CNCCOC)CCC1. The maximum atomic E-state index is 4.99. The molecule has 3 nitrogen and oxygen atoms in total. The fourth-order valence-corrected chi connectivity index (χ4v) is 2.00. The van der Waals surface area contributed by atoms with Crippen molar-refractivity contribution in [2.75, 3.05) is 40.4 Å². The second-order valence-electron chi connectivity index (χ2n) is 4.05. The van der Waals surface area contributed by atoms with Gasteiger partial charge in [-0.2, -0.15) is 0 Å². The zero-order valence-electron chi connectivity index (χ0n) is 8.86. The third-order valence-electron chi connectivity index (χ3n) is 2.95. The number of hydrogen-bond acceptors (Lipinski definition) is 3. The highest BCUT2D eigenvalue weighted by Crippen LogP contribution is 2.39. The van der Waals surface area contributed by atoms with Gasteiger partial charge in [-0.3, -0.25) is 0 Å². The van der Waals surface area contributed by atoms with Crippen LogP contribution in [-0.2, 0) is 4.74 Å². The number of rotatable bonds is 7. The minimum Gasteiger partial charge on any atom is -0.383 e. The van der Waals surface area contributed by atoms with Crippen molar-refractivity contribution in [2.45, 2.75) is 19.3 Å². The molecule has 0 unspecified atom stereocenters. The quantitative estimate of drug-likeness (QED) is 0.572. The zero-order valence-corrected chi connectivity index (χ0v) is 8.86. The number of ether oxygens (including phenoxy) is 1. The standard InChI is InChI=1S/C10H22N2O/c1-11-8-10(4-3-5-10)9-12-6-7-13-2/h11-12H,3-9H2,1-2H3. The lowest BCUT2D eigenvalue weighted by Gasteiger charge is -2.42. The van der Waals surface area contributed by atoms with Gasteiger partial charge in [-0.05, 0) is 25.3 Å². The Balaban J connectivity index is 2.09. The summed E-state index contributed by atoms with van der Waals surface area (Å²) in [6.07, 6.45) is 4.13. The molecule has 0 atom stereocenters. The Labute approximate surface area is 81.2 Å². The van der Waals surface area contributed by atoms with Crippen LogP contribution in [0.4, 0.5) is 0 Å². The summed E-state index contributed by atoms with van der Waals surface area (Å²) in [5.41, 5.74) is 0.544. The van der Waals surface area contributed by atoms with Gasteiger partial charge in [-0.15, -0.1) is 0 Å². The largest absolute Gasteiger partial charge is 0.383 e. The van der Waals surface area contributed by atoms with Crippen molar-refractivity contribution in [2.24, 2.45) is 5.41 Å². The van der Waals surface area contributed by atoms with Gasteiger partial charge in [-0.25, -0.2) is 0 Å². The Bertz CT molecular complexity index is 135. The monoisotopic (exact) mass is 186 g/mol. The van der Waals surface area contributed by atoms with Crippen LogP contribution in [0.1, 0.15) is 19.3 Å². The van der Waals surface area contributed by atoms with Gasteiger partial charge in [0.2, 0.25) is 0 Å². The normalized spacial score (nSPS) is 19.8. The van der Waals surface area contributed by atoms with Crippen molar-refractivity contribution in [3.05, 3.63) is 0 Å². The summed E-state index contributed by atoms with van der Waals surface area (Å²) in [5.74, 6) is 0. The van der Waals surface area contributed by atoms with Crippen molar-refractivity contribution >= 4 is 0 Å². The van der Waals surface area contributed by atoms with Crippen molar-refractivity contribution in [1.82, 2.24) is 10.6 Å². The zero-order chi connectivity index (χ0) is 9.57. The molecule has 1 saturated carbocycles. The summed E-state index contributed by atoms with van der Waals surface area (Å²) >= 11 is 0. The van der Waals surface area contributed by atoms with Crippen LogP contribution in [0.25, 0.3) is 0 Å². The first-order chi connectivity index (χ1) is 6.33. The van der Waals surface area contributed by atoms with E-state index in [-0.39, 0.29) is 0 Å². The van der Waals surface area contributed by atoms with Crippen molar-refractivity contribution in [3.63, 3.8) is 0 Å². The van der Waals surface area contributed by atoms with Gasteiger partial charge >= 0.3 is 0 Å². The van der Waals surface area contributed by atoms with E-state index in [1.165, 1.54) is 19.3 Å². The minimum absolute atomic E-state index is 0.544. The Kier molecular flexibility index (Phi) is 4.70. The number of nitrogens with one attached hydrogen (secondary N) is 2. The van der Waals surface area contributed by atoms with E-state index < -0.39 is 0 Å². The molecule has 1 aliphatic carbocycles. The highest BCUT2D eigenvalue weighted by atomic mass is 16.5. The van der Waals surface area contributed by atoms with E-state index in [1.54, 1.807) is 7.11 Å². The van der Waals surface area contributed by atoms with Gasteiger partial charge in [-0.1, -0.05) is 6.42 Å². The topological polar surface area (TPSA) is 33.3 Å². The van der Waals surface area contributed by atoms with E-state index in [9.17, 15) is 0 Å². The van der Waals surface area contributed by atoms with Crippen LogP contribution in [0.3, 0.4) is 0 Å². The Morgan fingerprint density at radius 1 is 1.31 bits per heavy atom. The van der Waals surface area contributed by atoms with Crippen LogP contribution >= 0.6 is 0 Å². The second kappa shape index (κ2) is 5.58. The summed E-state index contributed by atoms with van der Waals surface area (Å²) in [4.78, 5) is 0. The molecule has 1 fully saturated rings. The molecule has 3 heteroatoms. The van der Waals surface area contributed by atoms with Gasteiger partial charge in [0.1, 0.15) is 0 Å². The molecule has 0 aromatic heterocycles. The average Bonchev–Trinajstić information content (AvgIpc) is 2.08. The molecule has 13 heavy (non-hydrogen) atoms. The molecule has 0 aromatic carbocycles. The maximum Gasteiger partial charge on any atom is 0.0587 e. The molecule has 0 heterocycles. The molecule has 78 valence electrons. The van der Waals surface area contributed by atoms with Crippen molar-refractivity contribution in [3.8, 4) is 0 Å². The van der Waals surface area contributed by atoms with Gasteiger partial charge in [0.15, 0.2) is 0 Å². The smallest absolute Gasteiger partial charge is 0.0587 e. The summed E-state index contributed by atoms with van der Waals surface area (Å²) in [6.45, 7) is 4.07. The molecule has 0 radical (unpaired) electrons. The lowest BCUT2D eigenvalue weighted by atomic mass is 9.68. The lowest BCUT2D eigenvalue weighted by molar-refractivity contribution is 0.123. The molecule has 0 bridgehead atoms. The third-order valence-corrected chi connectivity index (χ3v) is 2.95. The summed E-state index contributed by atoms with van der Waals surface area (Å²) in [7, 11) is 3.78. The van der Waals surface area contributed by atoms with Gasteiger partial charge < -0.3 is 15.4 Å². The molecule has 0 aromatic rings. The molecular weight excluding hydrogens is 164 g/mol. The predicted molar refractivity (Wildman–Crippen MR) is 55.0 cm³/mol. The van der Waals surface area contributed by atoms with Gasteiger partial charge in [0.05, 0.1) is 6.61 Å². The molecule has 2 N–H and O–H groups in total. The van der Waals surface area contributed by atoms with E-state index >= 15 is 0 Å². The average molecular weight is 186 g/mol. The second-order valence-corrected chi connectivity index (χ2v) is 4.05. The molecule has 0 amide bonds. The minimum atomic E-state index is 0.544. The van der Waals surface area contributed by atoms with Crippen LogP contribution < -0.4 is 10.6 Å². The molecule has 1 rings (SSSR count).